The van der Waals surface area contributed by atoms with Crippen LogP contribution < -0.4 is 4.90 Å². The maximum Gasteiger partial charge on any atom is 0.240 e. The van der Waals surface area contributed by atoms with Gasteiger partial charge in [-0.25, -0.2) is 4.98 Å². The van der Waals surface area contributed by atoms with Crippen molar-refractivity contribution in [2.75, 3.05) is 18.0 Å². The van der Waals surface area contributed by atoms with Crippen LogP contribution in [0.5, 0.6) is 0 Å². The van der Waals surface area contributed by atoms with E-state index in [1.54, 1.807) is 0 Å². The van der Waals surface area contributed by atoms with Crippen molar-refractivity contribution in [2.45, 2.75) is 32.0 Å². The van der Waals surface area contributed by atoms with Crippen molar-refractivity contribution < 1.29 is 4.52 Å². The molecule has 2 atom stereocenters. The maximum atomic E-state index is 5.27. The van der Waals surface area contributed by atoms with Gasteiger partial charge in [0, 0.05) is 32.2 Å². The zero-order valence-electron chi connectivity index (χ0n) is 13.9. The number of piperazine rings is 1. The van der Waals surface area contributed by atoms with Crippen LogP contribution in [0.4, 0.5) is 5.95 Å². The molecule has 3 fully saturated rings. The summed E-state index contributed by atoms with van der Waals surface area (Å²) in [6.45, 7) is 4.62. The first-order valence-electron chi connectivity index (χ1n) is 8.40. The molecule has 0 saturated carbocycles. The van der Waals surface area contributed by atoms with Crippen molar-refractivity contribution in [2.24, 2.45) is 7.05 Å². The highest BCUT2D eigenvalue weighted by atomic mass is 16.5. The number of para-hydroxylation sites is 2. The summed E-state index contributed by atoms with van der Waals surface area (Å²) in [6.07, 6.45) is 1.24. The smallest absolute Gasteiger partial charge is 0.240 e. The molecular formula is C17H20N6O. The molecule has 2 aromatic heterocycles. The van der Waals surface area contributed by atoms with Crippen LogP contribution in [0.1, 0.15) is 18.1 Å². The lowest BCUT2D eigenvalue weighted by Crippen LogP contribution is -2.68. The minimum absolute atomic E-state index is 0.538. The molecular weight excluding hydrogens is 304 g/mol. The van der Waals surface area contributed by atoms with Gasteiger partial charge in [-0.3, -0.25) is 4.90 Å². The number of imidazole rings is 1. The summed E-state index contributed by atoms with van der Waals surface area (Å²) in [5.41, 5.74) is 2.25. The van der Waals surface area contributed by atoms with E-state index >= 15 is 0 Å². The molecule has 7 nitrogen and oxygen atoms in total. The highest BCUT2D eigenvalue weighted by Gasteiger charge is 2.45. The van der Waals surface area contributed by atoms with E-state index in [1.165, 1.54) is 11.9 Å². The highest BCUT2D eigenvalue weighted by Crippen LogP contribution is 2.36. The largest absolute Gasteiger partial charge is 0.339 e. The average Bonchev–Trinajstić information content (AvgIpc) is 3.17. The van der Waals surface area contributed by atoms with Crippen LogP contribution in [-0.4, -0.2) is 49.8 Å². The van der Waals surface area contributed by atoms with Gasteiger partial charge in [-0.2, -0.15) is 4.98 Å². The molecule has 0 N–H and O–H groups in total. The second-order valence-corrected chi connectivity index (χ2v) is 6.82. The highest BCUT2D eigenvalue weighted by molar-refractivity contribution is 5.78. The summed E-state index contributed by atoms with van der Waals surface area (Å²) in [5, 5.41) is 3.88. The first-order valence-corrected chi connectivity index (χ1v) is 8.40. The summed E-state index contributed by atoms with van der Waals surface area (Å²) in [5.74, 6) is 2.49. The molecule has 6 rings (SSSR count). The fourth-order valence-corrected chi connectivity index (χ4v) is 4.08. The quantitative estimate of drug-likeness (QED) is 0.731. The zero-order valence-corrected chi connectivity index (χ0v) is 13.9. The van der Waals surface area contributed by atoms with Crippen LogP contribution >= 0.6 is 0 Å². The van der Waals surface area contributed by atoms with E-state index in [2.05, 4.69) is 49.8 Å². The number of fused-ring (bicyclic) bond motifs is 3. The molecule has 24 heavy (non-hydrogen) atoms. The Morgan fingerprint density at radius 1 is 1.17 bits per heavy atom. The Kier molecular flexibility index (Phi) is 2.94. The van der Waals surface area contributed by atoms with E-state index in [9.17, 15) is 0 Å². The standard InChI is InChI=1S/C17H20N6O/c1-11-18-16(24-20-11)10-23-12-7-13(23)9-22(8-12)17-19-14-5-3-4-6-15(14)21(17)2/h3-6,12-13H,7-10H2,1-2H3. The van der Waals surface area contributed by atoms with Crippen molar-refractivity contribution in [3.63, 3.8) is 0 Å². The van der Waals surface area contributed by atoms with Gasteiger partial charge >= 0.3 is 0 Å². The van der Waals surface area contributed by atoms with E-state index in [0.29, 0.717) is 17.9 Å². The zero-order chi connectivity index (χ0) is 16.3. The normalized spacial score (nSPS) is 23.7. The molecule has 7 heteroatoms. The predicted molar refractivity (Wildman–Crippen MR) is 89.7 cm³/mol. The third-order valence-electron chi connectivity index (χ3n) is 5.28. The molecule has 3 aromatic rings. The van der Waals surface area contributed by atoms with Gasteiger partial charge in [0.2, 0.25) is 11.8 Å². The Labute approximate surface area is 139 Å². The third-order valence-corrected chi connectivity index (χ3v) is 5.28. The first kappa shape index (κ1) is 14.0. The predicted octanol–water partition coefficient (Wildman–Crippen LogP) is 1.73. The number of aryl methyl sites for hydroxylation is 2. The van der Waals surface area contributed by atoms with E-state index in [-0.39, 0.29) is 0 Å². The van der Waals surface area contributed by atoms with Gasteiger partial charge in [0.15, 0.2) is 5.82 Å². The molecule has 3 aliphatic heterocycles. The number of aromatic nitrogens is 4. The number of hydrogen-bond acceptors (Lipinski definition) is 6. The van der Waals surface area contributed by atoms with E-state index in [4.69, 9.17) is 9.51 Å². The lowest BCUT2D eigenvalue weighted by atomic mass is 9.87. The fourth-order valence-electron chi connectivity index (χ4n) is 4.08. The van der Waals surface area contributed by atoms with Crippen molar-refractivity contribution in [1.29, 1.82) is 0 Å². The van der Waals surface area contributed by atoms with Crippen LogP contribution in [0.15, 0.2) is 28.8 Å². The number of anilines is 1. The van der Waals surface area contributed by atoms with Gasteiger partial charge in [0.1, 0.15) is 0 Å². The Hall–Kier alpha value is -2.41. The molecule has 3 aliphatic rings. The molecule has 5 heterocycles. The molecule has 124 valence electrons. The summed E-state index contributed by atoms with van der Waals surface area (Å²) >= 11 is 0. The van der Waals surface area contributed by atoms with Gasteiger partial charge in [0.05, 0.1) is 17.6 Å². The number of benzene rings is 1. The fraction of sp³-hybridized carbons (Fsp3) is 0.471. The van der Waals surface area contributed by atoms with Crippen LogP contribution in [0, 0.1) is 6.92 Å². The lowest BCUT2D eigenvalue weighted by Gasteiger charge is -2.56. The van der Waals surface area contributed by atoms with Gasteiger partial charge in [-0.1, -0.05) is 17.3 Å². The lowest BCUT2D eigenvalue weighted by molar-refractivity contribution is -0.0165. The summed E-state index contributed by atoms with van der Waals surface area (Å²) in [7, 11) is 2.10. The average molecular weight is 324 g/mol. The number of hydrogen-bond donors (Lipinski definition) is 0. The van der Waals surface area contributed by atoms with E-state index < -0.39 is 0 Å². The second-order valence-electron chi connectivity index (χ2n) is 6.82. The monoisotopic (exact) mass is 324 g/mol. The van der Waals surface area contributed by atoms with Crippen molar-refractivity contribution in [3.8, 4) is 0 Å². The van der Waals surface area contributed by atoms with Crippen LogP contribution in [0.25, 0.3) is 11.0 Å². The Morgan fingerprint density at radius 2 is 1.96 bits per heavy atom. The molecule has 2 bridgehead atoms. The second kappa shape index (κ2) is 5.04. The van der Waals surface area contributed by atoms with E-state index in [0.717, 1.165) is 37.0 Å². The molecule has 1 aromatic carbocycles. The van der Waals surface area contributed by atoms with Crippen LogP contribution in [-0.2, 0) is 13.6 Å². The molecule has 2 unspecified atom stereocenters. The molecule has 0 amide bonds. The number of piperidine rings is 1. The van der Waals surface area contributed by atoms with Crippen molar-refractivity contribution in [3.05, 3.63) is 36.0 Å². The molecule has 3 saturated heterocycles. The molecule has 0 aliphatic carbocycles. The number of nitrogens with zero attached hydrogens (tertiary/aromatic N) is 6. The molecule has 0 radical (unpaired) electrons. The van der Waals surface area contributed by atoms with Gasteiger partial charge in [0.25, 0.3) is 0 Å². The Morgan fingerprint density at radius 3 is 2.67 bits per heavy atom. The summed E-state index contributed by atoms with van der Waals surface area (Å²) < 4.78 is 7.47. The Bertz CT molecular complexity index is 888. The van der Waals surface area contributed by atoms with Crippen molar-refractivity contribution >= 4 is 17.0 Å². The SMILES string of the molecule is Cc1noc(CN2C3CC2CN(c2nc4ccccc4n2C)C3)n1. The van der Waals surface area contributed by atoms with Crippen molar-refractivity contribution in [1.82, 2.24) is 24.6 Å². The van der Waals surface area contributed by atoms with Gasteiger partial charge < -0.3 is 14.0 Å². The minimum atomic E-state index is 0.538. The number of rotatable bonds is 3. The topological polar surface area (TPSA) is 63.2 Å². The van der Waals surface area contributed by atoms with Gasteiger partial charge in [-0.15, -0.1) is 0 Å². The Balaban J connectivity index is 1.35. The van der Waals surface area contributed by atoms with Crippen LogP contribution in [0.2, 0.25) is 0 Å². The summed E-state index contributed by atoms with van der Waals surface area (Å²) in [6, 6.07) is 9.39. The van der Waals surface area contributed by atoms with E-state index in [1.807, 2.05) is 13.0 Å². The third kappa shape index (κ3) is 2.04. The first-order chi connectivity index (χ1) is 11.7. The molecule has 0 spiro atoms. The summed E-state index contributed by atoms with van der Waals surface area (Å²) in [4.78, 5) is 14.1. The minimum Gasteiger partial charge on any atom is -0.339 e. The van der Waals surface area contributed by atoms with Crippen LogP contribution in [0.3, 0.4) is 0 Å². The maximum absolute atomic E-state index is 5.27. The van der Waals surface area contributed by atoms with Gasteiger partial charge in [-0.05, 0) is 25.5 Å².